The Hall–Kier alpha value is -3.14. The number of anilines is 4. The van der Waals surface area contributed by atoms with Gasteiger partial charge in [0, 0.05) is 75.3 Å². The molecule has 1 saturated heterocycles. The van der Waals surface area contributed by atoms with Gasteiger partial charge in [0.05, 0.1) is 38.4 Å². The first kappa shape index (κ1) is 27.4. The number of halogens is 2. The van der Waals surface area contributed by atoms with E-state index in [1.54, 1.807) is 27.4 Å². The number of aromatic nitrogens is 2. The third-order valence-corrected chi connectivity index (χ3v) is 8.13. The highest BCUT2D eigenvalue weighted by molar-refractivity contribution is 6.41. The number of fused-ring (bicyclic) bond motifs is 1. The molecule has 0 bridgehead atoms. The van der Waals surface area contributed by atoms with E-state index in [0.29, 0.717) is 52.7 Å². The van der Waals surface area contributed by atoms with Crippen LogP contribution in [0.15, 0.2) is 30.5 Å². The Morgan fingerprint density at radius 2 is 1.56 bits per heavy atom. The molecule has 2 aliphatic rings. The fraction of sp³-hybridized carbons (Fsp3) is 0.429. The molecule has 0 saturated carbocycles. The summed E-state index contributed by atoms with van der Waals surface area (Å²) in [6.07, 6.45) is 2.57. The summed E-state index contributed by atoms with van der Waals surface area (Å²) in [7, 11) is 4.86. The van der Waals surface area contributed by atoms with Gasteiger partial charge in [-0.3, -0.25) is 0 Å². The molecule has 11 heteroatoms. The van der Waals surface area contributed by atoms with E-state index < -0.39 is 0 Å². The van der Waals surface area contributed by atoms with Crippen molar-refractivity contribution in [3.05, 3.63) is 51.8 Å². The average molecular weight is 574 g/mol. The van der Waals surface area contributed by atoms with Crippen LogP contribution in [0.2, 0.25) is 10.0 Å². The number of nitrogens with zero attached hydrogens (tertiary/aromatic N) is 5. The summed E-state index contributed by atoms with van der Waals surface area (Å²) in [6.45, 7) is 8.64. The van der Waals surface area contributed by atoms with Gasteiger partial charge in [0.1, 0.15) is 27.3 Å². The predicted octanol–water partition coefficient (Wildman–Crippen LogP) is 5.26. The molecule has 208 valence electrons. The molecule has 0 unspecified atom stereocenters. The third kappa shape index (κ3) is 5.62. The molecule has 0 amide bonds. The number of rotatable bonds is 8. The molecule has 1 aromatic heterocycles. The third-order valence-electron chi connectivity index (χ3n) is 7.40. The van der Waals surface area contributed by atoms with Gasteiger partial charge >= 0.3 is 0 Å². The standard InChI is InChI=1S/C28H34Cl2N6O3/c1-5-34-10-12-35(13-11-34)21-7-6-19(14-22(21)37-2)32-28-31-16-18-17-36(9-8-20(18)33-28)27-25(29)23(38-3)15-24(39-4)26(27)30/h6-7,14-16H,5,8-13,17H2,1-4H3,(H,31,32,33). The first-order chi connectivity index (χ1) is 18.9. The fourth-order valence-electron chi connectivity index (χ4n) is 5.17. The Labute approximate surface area is 239 Å². The van der Waals surface area contributed by atoms with Gasteiger partial charge in [0.15, 0.2) is 0 Å². The van der Waals surface area contributed by atoms with Gasteiger partial charge in [-0.25, -0.2) is 9.97 Å². The SMILES string of the molecule is CCN1CCN(c2ccc(Nc3ncc4c(n3)CCN(c3c(Cl)c(OC)cc(OC)c3Cl)C4)cc2OC)CC1. The van der Waals surface area contributed by atoms with Crippen molar-refractivity contribution in [2.75, 3.05) is 75.7 Å². The summed E-state index contributed by atoms with van der Waals surface area (Å²) in [5.74, 6) is 2.41. The Morgan fingerprint density at radius 3 is 2.21 bits per heavy atom. The van der Waals surface area contributed by atoms with Crippen LogP contribution in [0.1, 0.15) is 18.2 Å². The minimum Gasteiger partial charge on any atom is -0.495 e. The zero-order valence-electron chi connectivity index (χ0n) is 22.8. The molecule has 1 N–H and O–H groups in total. The molecule has 39 heavy (non-hydrogen) atoms. The zero-order valence-corrected chi connectivity index (χ0v) is 24.3. The van der Waals surface area contributed by atoms with Gasteiger partial charge < -0.3 is 34.2 Å². The van der Waals surface area contributed by atoms with Gasteiger partial charge in [-0.05, 0) is 18.7 Å². The van der Waals surface area contributed by atoms with Gasteiger partial charge in [0.2, 0.25) is 5.95 Å². The molecule has 0 aliphatic carbocycles. The molecule has 2 aliphatic heterocycles. The van der Waals surface area contributed by atoms with Crippen molar-refractivity contribution < 1.29 is 14.2 Å². The number of likely N-dealkylation sites (N-methyl/N-ethyl adjacent to an activating group) is 1. The smallest absolute Gasteiger partial charge is 0.227 e. The van der Waals surface area contributed by atoms with Crippen molar-refractivity contribution in [1.82, 2.24) is 14.9 Å². The predicted molar refractivity (Wildman–Crippen MR) is 157 cm³/mol. The largest absolute Gasteiger partial charge is 0.495 e. The maximum Gasteiger partial charge on any atom is 0.227 e. The molecule has 0 spiro atoms. The van der Waals surface area contributed by atoms with Crippen LogP contribution >= 0.6 is 23.2 Å². The van der Waals surface area contributed by atoms with E-state index in [9.17, 15) is 0 Å². The van der Waals surface area contributed by atoms with Crippen molar-refractivity contribution in [1.29, 1.82) is 0 Å². The molecule has 9 nitrogen and oxygen atoms in total. The summed E-state index contributed by atoms with van der Waals surface area (Å²) in [5.41, 5.74) is 4.67. The maximum absolute atomic E-state index is 6.65. The lowest BCUT2D eigenvalue weighted by molar-refractivity contribution is 0.270. The second-order valence-corrected chi connectivity index (χ2v) is 10.3. The Balaban J connectivity index is 1.32. The first-order valence-corrected chi connectivity index (χ1v) is 13.8. The van der Waals surface area contributed by atoms with Gasteiger partial charge in [-0.1, -0.05) is 30.1 Å². The lowest BCUT2D eigenvalue weighted by Crippen LogP contribution is -2.46. The molecular weight excluding hydrogens is 539 g/mol. The molecule has 5 rings (SSSR count). The molecule has 3 heterocycles. The average Bonchev–Trinajstić information content (AvgIpc) is 2.97. The second-order valence-electron chi connectivity index (χ2n) is 9.53. The van der Waals surface area contributed by atoms with Crippen LogP contribution in [-0.2, 0) is 13.0 Å². The van der Waals surface area contributed by atoms with E-state index in [1.165, 1.54) is 0 Å². The number of ether oxygens (including phenoxy) is 3. The number of benzene rings is 2. The van der Waals surface area contributed by atoms with E-state index in [-0.39, 0.29) is 0 Å². The zero-order chi connectivity index (χ0) is 27.5. The van der Waals surface area contributed by atoms with Crippen molar-refractivity contribution >= 4 is 46.2 Å². The van der Waals surface area contributed by atoms with Crippen LogP contribution in [0.3, 0.4) is 0 Å². The highest BCUT2D eigenvalue weighted by atomic mass is 35.5. The van der Waals surface area contributed by atoms with Crippen LogP contribution in [0.4, 0.5) is 23.0 Å². The van der Waals surface area contributed by atoms with Gasteiger partial charge in [-0.15, -0.1) is 0 Å². The monoisotopic (exact) mass is 572 g/mol. The molecule has 1 fully saturated rings. The molecule has 0 radical (unpaired) electrons. The number of nitrogens with one attached hydrogen (secondary N) is 1. The van der Waals surface area contributed by atoms with E-state index in [4.69, 9.17) is 42.4 Å². The topological polar surface area (TPSA) is 75.2 Å². The highest BCUT2D eigenvalue weighted by Crippen LogP contribution is 2.47. The van der Waals surface area contributed by atoms with E-state index >= 15 is 0 Å². The van der Waals surface area contributed by atoms with Crippen molar-refractivity contribution in [3.63, 3.8) is 0 Å². The highest BCUT2D eigenvalue weighted by Gasteiger charge is 2.26. The minimum atomic E-state index is 0.454. The number of hydrogen-bond acceptors (Lipinski definition) is 9. The number of methoxy groups -OCH3 is 3. The van der Waals surface area contributed by atoms with Crippen molar-refractivity contribution in [3.8, 4) is 17.2 Å². The Morgan fingerprint density at radius 1 is 0.872 bits per heavy atom. The summed E-state index contributed by atoms with van der Waals surface area (Å²) in [6, 6.07) is 7.86. The van der Waals surface area contributed by atoms with E-state index in [2.05, 4.69) is 44.1 Å². The van der Waals surface area contributed by atoms with Crippen LogP contribution < -0.4 is 29.3 Å². The lowest BCUT2D eigenvalue weighted by atomic mass is 10.1. The Kier molecular flexibility index (Phi) is 8.40. The Bertz CT molecular complexity index is 1300. The minimum absolute atomic E-state index is 0.454. The fourth-order valence-corrected chi connectivity index (χ4v) is 5.91. The summed E-state index contributed by atoms with van der Waals surface area (Å²) in [5, 5.41) is 4.26. The quantitative estimate of drug-likeness (QED) is 0.389. The molecule has 3 aromatic rings. The maximum atomic E-state index is 6.65. The summed E-state index contributed by atoms with van der Waals surface area (Å²) >= 11 is 13.3. The second kappa shape index (κ2) is 11.9. The molecular formula is C28H34Cl2N6O3. The van der Waals surface area contributed by atoms with Crippen molar-refractivity contribution in [2.24, 2.45) is 0 Å². The molecule has 2 aromatic carbocycles. The van der Waals surface area contributed by atoms with Crippen molar-refractivity contribution in [2.45, 2.75) is 19.9 Å². The van der Waals surface area contributed by atoms with E-state index in [1.807, 2.05) is 12.3 Å². The van der Waals surface area contributed by atoms with Crippen LogP contribution in [0, 0.1) is 0 Å². The number of piperazine rings is 1. The van der Waals surface area contributed by atoms with Gasteiger partial charge in [-0.2, -0.15) is 0 Å². The number of hydrogen-bond donors (Lipinski definition) is 1. The normalized spacial score (nSPS) is 15.6. The lowest BCUT2D eigenvalue weighted by Gasteiger charge is -2.36. The first-order valence-electron chi connectivity index (χ1n) is 13.1. The van der Waals surface area contributed by atoms with Crippen LogP contribution in [-0.4, -0.2) is 75.5 Å². The summed E-state index contributed by atoms with van der Waals surface area (Å²) in [4.78, 5) is 16.4. The summed E-state index contributed by atoms with van der Waals surface area (Å²) < 4.78 is 16.6. The molecule has 0 atom stereocenters. The van der Waals surface area contributed by atoms with E-state index in [0.717, 1.165) is 61.1 Å². The van der Waals surface area contributed by atoms with Crippen LogP contribution in [0.25, 0.3) is 0 Å². The van der Waals surface area contributed by atoms with Gasteiger partial charge in [0.25, 0.3) is 0 Å². The van der Waals surface area contributed by atoms with Crippen LogP contribution in [0.5, 0.6) is 17.2 Å².